The molecule has 11 heteroatoms. The molecule has 0 unspecified atom stereocenters. The lowest BCUT2D eigenvalue weighted by Crippen LogP contribution is -2.47. The first-order valence-corrected chi connectivity index (χ1v) is 11.6. The van der Waals surface area contributed by atoms with E-state index in [1.54, 1.807) is 10.7 Å². The van der Waals surface area contributed by atoms with Gasteiger partial charge in [0.2, 0.25) is 5.95 Å². The van der Waals surface area contributed by atoms with Crippen molar-refractivity contribution in [2.75, 3.05) is 36.0 Å². The predicted molar refractivity (Wildman–Crippen MR) is 139 cm³/mol. The third-order valence-corrected chi connectivity index (χ3v) is 6.56. The van der Waals surface area contributed by atoms with Crippen LogP contribution in [-0.2, 0) is 12.5 Å². The van der Waals surface area contributed by atoms with Crippen LogP contribution in [0.1, 0.15) is 26.2 Å². The Balaban J connectivity index is 1.19. The van der Waals surface area contributed by atoms with Gasteiger partial charge in [-0.2, -0.15) is 10.2 Å². The molecule has 2 N–H and O–H groups in total. The van der Waals surface area contributed by atoms with Crippen molar-refractivity contribution in [2.24, 2.45) is 12.7 Å². The van der Waals surface area contributed by atoms with Gasteiger partial charge < -0.3 is 15.5 Å². The normalized spacial score (nSPS) is 18.9. The van der Waals surface area contributed by atoms with Crippen molar-refractivity contribution in [3.05, 3.63) is 84.6 Å². The molecule has 5 heterocycles. The van der Waals surface area contributed by atoms with Gasteiger partial charge in [-0.15, -0.1) is 0 Å². The first kappa shape index (κ1) is 17.1. The number of aromatic nitrogens is 7. The second-order valence-electron chi connectivity index (χ2n) is 8.88. The first-order valence-electron chi connectivity index (χ1n) is 14.6. The van der Waals surface area contributed by atoms with Crippen LogP contribution in [0.5, 0.6) is 0 Å². The molecule has 0 radical (unpaired) electrons. The van der Waals surface area contributed by atoms with E-state index in [9.17, 15) is 4.39 Å². The summed E-state index contributed by atoms with van der Waals surface area (Å²) in [6.07, 6.45) is 9.08. The molecule has 37 heavy (non-hydrogen) atoms. The summed E-state index contributed by atoms with van der Waals surface area (Å²) in [5.41, 5.74) is 7.13. The Morgan fingerprint density at radius 3 is 2.35 bits per heavy atom. The highest BCUT2D eigenvalue weighted by Gasteiger charge is 2.26. The summed E-state index contributed by atoms with van der Waals surface area (Å²) in [6.45, 7) is -2.67. The number of hydrogen-bond acceptors (Lipinski definition) is 8. The number of nitrogens with zero attached hydrogens (tertiary/aromatic N) is 9. The summed E-state index contributed by atoms with van der Waals surface area (Å²) >= 11 is 0. The van der Waals surface area contributed by atoms with Gasteiger partial charge in [0.05, 0.1) is 11.7 Å². The molecule has 0 saturated carbocycles. The van der Waals surface area contributed by atoms with E-state index in [1.165, 1.54) is 55.4 Å². The minimum Gasteiger partial charge on any atom is -0.351 e. The average Bonchev–Trinajstić information content (AvgIpc) is 3.65. The molecule has 1 aliphatic rings. The average molecular weight is 505 g/mol. The summed E-state index contributed by atoms with van der Waals surface area (Å²) in [5.74, 6) is 0.662. The third-order valence-electron chi connectivity index (χ3n) is 6.56. The topological polar surface area (TPSA) is 106 Å². The van der Waals surface area contributed by atoms with Crippen LogP contribution in [0.15, 0.2) is 67.6 Å². The fourth-order valence-corrected chi connectivity index (χ4v) is 4.48. The fraction of sp³-hybridized carbons (Fsp3) is 0.269. The maximum absolute atomic E-state index is 13.5. The van der Waals surface area contributed by atoms with Crippen molar-refractivity contribution >= 4 is 17.3 Å². The smallest absolute Gasteiger partial charge is 0.225 e. The molecule has 0 bridgehead atoms. The van der Waals surface area contributed by atoms with E-state index < -0.39 is 25.2 Å². The number of halogens is 1. The standard InChI is InChI=1S/C26H27FN10/c1-26(28,20-3-5-22(27)6-4-20)21-13-29-25(30-14-21)36-9-7-35(8-10-36)24-23-11-18(16-37(23)33-17-31-24)19-12-32-34(2)15-19/h3-6,11-17H,7-10,28H2,1-2H3/t26-/m1/s1/i1D3,2D3. The van der Waals surface area contributed by atoms with Crippen molar-refractivity contribution in [2.45, 2.75) is 12.4 Å². The Hall–Kier alpha value is -4.38. The summed E-state index contributed by atoms with van der Waals surface area (Å²) in [7, 11) is 0. The highest BCUT2D eigenvalue weighted by atomic mass is 19.1. The molecule has 1 fully saturated rings. The Morgan fingerprint density at radius 2 is 1.65 bits per heavy atom. The molecule has 1 aliphatic heterocycles. The molecule has 1 saturated heterocycles. The number of anilines is 2. The van der Waals surface area contributed by atoms with Crippen LogP contribution in [0.2, 0.25) is 0 Å². The Morgan fingerprint density at radius 1 is 0.892 bits per heavy atom. The number of rotatable bonds is 5. The predicted octanol–water partition coefficient (Wildman–Crippen LogP) is 2.61. The van der Waals surface area contributed by atoms with Crippen molar-refractivity contribution in [1.29, 1.82) is 0 Å². The molecule has 10 nitrogen and oxygen atoms in total. The number of nitrogens with two attached hydrogens (primary N) is 1. The molecule has 5 aromatic rings. The summed E-state index contributed by atoms with van der Waals surface area (Å²) < 4.78 is 63.1. The van der Waals surface area contributed by atoms with E-state index >= 15 is 0 Å². The van der Waals surface area contributed by atoms with Gasteiger partial charge in [-0.25, -0.2) is 23.9 Å². The monoisotopic (exact) mass is 504 g/mol. The maximum atomic E-state index is 13.5. The molecule has 4 aromatic heterocycles. The van der Waals surface area contributed by atoms with Crippen LogP contribution in [0.25, 0.3) is 16.6 Å². The van der Waals surface area contributed by atoms with E-state index in [0.29, 0.717) is 37.7 Å². The minimum atomic E-state index is -2.64. The molecule has 0 spiro atoms. The van der Waals surface area contributed by atoms with Crippen molar-refractivity contribution in [3.63, 3.8) is 0 Å². The molecule has 1 atom stereocenters. The quantitative estimate of drug-likeness (QED) is 0.389. The van der Waals surface area contributed by atoms with Crippen LogP contribution in [0.3, 0.4) is 0 Å². The molecular formula is C26H27FN10. The molecule has 6 rings (SSSR count). The highest BCUT2D eigenvalue weighted by molar-refractivity contribution is 5.77. The lowest BCUT2D eigenvalue weighted by atomic mass is 9.87. The zero-order chi connectivity index (χ0) is 30.6. The molecule has 0 amide bonds. The van der Waals surface area contributed by atoms with Crippen LogP contribution in [-0.4, -0.2) is 60.5 Å². The zero-order valence-electron chi connectivity index (χ0n) is 25.7. The Kier molecular flexibility index (Phi) is 4.14. The SMILES string of the molecule is [2H]C([2H])([2H])n1cc(-c2cc3c(N4CCN(c5ncc([C@](N)(c6ccc(F)cc6)C([2H])([2H])[2H])cn5)CC4)ncnn3c2)cn1. The summed E-state index contributed by atoms with van der Waals surface area (Å²) in [6, 6.07) is 6.96. The summed E-state index contributed by atoms with van der Waals surface area (Å²) in [4.78, 5) is 17.5. The summed E-state index contributed by atoms with van der Waals surface area (Å²) in [5, 5.41) is 8.28. The van der Waals surface area contributed by atoms with E-state index in [2.05, 4.69) is 30.0 Å². The second-order valence-corrected chi connectivity index (χ2v) is 8.88. The Labute approximate surface area is 221 Å². The van der Waals surface area contributed by atoms with E-state index in [-0.39, 0.29) is 11.1 Å². The van der Waals surface area contributed by atoms with E-state index in [4.69, 9.17) is 14.0 Å². The van der Waals surface area contributed by atoms with Crippen LogP contribution in [0.4, 0.5) is 16.2 Å². The first-order chi connectivity index (χ1) is 20.3. The van der Waals surface area contributed by atoms with Crippen LogP contribution >= 0.6 is 0 Å². The third kappa shape index (κ3) is 4.27. The fourth-order valence-electron chi connectivity index (χ4n) is 4.48. The largest absolute Gasteiger partial charge is 0.351 e. The molecule has 188 valence electrons. The van der Waals surface area contributed by atoms with Crippen molar-refractivity contribution < 1.29 is 12.6 Å². The van der Waals surface area contributed by atoms with Gasteiger partial charge in [0.25, 0.3) is 0 Å². The van der Waals surface area contributed by atoms with Crippen LogP contribution in [0, 0.1) is 5.82 Å². The van der Waals surface area contributed by atoms with Crippen molar-refractivity contribution in [3.8, 4) is 11.1 Å². The number of benzene rings is 1. The molecule has 0 aliphatic carbocycles. The maximum Gasteiger partial charge on any atom is 0.225 e. The van der Waals surface area contributed by atoms with Crippen molar-refractivity contribution in [1.82, 2.24) is 34.3 Å². The van der Waals surface area contributed by atoms with E-state index in [1.807, 2.05) is 11.0 Å². The van der Waals surface area contributed by atoms with Gasteiger partial charge >= 0.3 is 0 Å². The van der Waals surface area contributed by atoms with Gasteiger partial charge in [-0.3, -0.25) is 4.68 Å². The van der Waals surface area contributed by atoms with Gasteiger partial charge in [0, 0.05) is 82.9 Å². The molecule has 1 aromatic carbocycles. The van der Waals surface area contributed by atoms with E-state index in [0.717, 1.165) is 21.6 Å². The van der Waals surface area contributed by atoms with Crippen LogP contribution < -0.4 is 15.5 Å². The number of fused-ring (bicyclic) bond motifs is 1. The highest BCUT2D eigenvalue weighted by Crippen LogP contribution is 2.29. The van der Waals surface area contributed by atoms with Gasteiger partial charge in [-0.05, 0) is 30.6 Å². The van der Waals surface area contributed by atoms with Gasteiger partial charge in [0.1, 0.15) is 17.7 Å². The number of hydrogen-bond donors (Lipinski definition) is 1. The van der Waals surface area contributed by atoms with Gasteiger partial charge in [-0.1, -0.05) is 12.1 Å². The van der Waals surface area contributed by atoms with Gasteiger partial charge in [0.15, 0.2) is 5.82 Å². The zero-order valence-corrected chi connectivity index (χ0v) is 19.7. The lowest BCUT2D eigenvalue weighted by Gasteiger charge is -2.35. The number of aryl methyl sites for hydroxylation is 1. The minimum absolute atomic E-state index is 0.193. The number of piperazine rings is 1. The lowest BCUT2D eigenvalue weighted by molar-refractivity contribution is 0.585. The Bertz CT molecular complexity index is 1740. The second kappa shape index (κ2) is 8.93. The molecular weight excluding hydrogens is 471 g/mol.